The summed E-state index contributed by atoms with van der Waals surface area (Å²) in [5, 5.41) is 2.06. The normalized spacial score (nSPS) is 18.0. The van der Waals surface area contributed by atoms with Gasteiger partial charge in [-0.2, -0.15) is 0 Å². The van der Waals surface area contributed by atoms with Gasteiger partial charge in [0.05, 0.1) is 20.3 Å². The lowest BCUT2D eigenvalue weighted by Gasteiger charge is -2.40. The minimum absolute atomic E-state index is 0.161. The number of rotatable bonds is 6. The lowest BCUT2D eigenvalue weighted by Crippen LogP contribution is -2.49. The number of carbonyl (C=O) groups excluding carboxylic acids is 1. The molecule has 1 amide bonds. The van der Waals surface area contributed by atoms with E-state index in [-0.39, 0.29) is 11.9 Å². The molecule has 0 saturated carbocycles. The molecular formula is C20H26N2O3S. The number of aryl methyl sites for hydroxylation is 1. The van der Waals surface area contributed by atoms with E-state index in [9.17, 15) is 4.79 Å². The summed E-state index contributed by atoms with van der Waals surface area (Å²) in [6, 6.07) is 10.3. The summed E-state index contributed by atoms with van der Waals surface area (Å²) in [6.45, 7) is 2.35. The Kier molecular flexibility index (Phi) is 6.16. The zero-order chi connectivity index (χ0) is 18.5. The fourth-order valence-corrected chi connectivity index (χ4v) is 4.07. The number of ether oxygens (including phenoxy) is 2. The van der Waals surface area contributed by atoms with Gasteiger partial charge in [-0.3, -0.25) is 9.69 Å². The van der Waals surface area contributed by atoms with Crippen LogP contribution in [0.5, 0.6) is 11.5 Å². The van der Waals surface area contributed by atoms with Crippen molar-refractivity contribution in [2.24, 2.45) is 0 Å². The molecule has 1 atom stereocenters. The van der Waals surface area contributed by atoms with Crippen LogP contribution in [0.15, 0.2) is 35.7 Å². The lowest BCUT2D eigenvalue weighted by molar-refractivity contribution is -0.134. The molecule has 1 aliphatic rings. The van der Waals surface area contributed by atoms with Gasteiger partial charge in [0, 0.05) is 30.9 Å². The molecule has 0 bridgehead atoms. The van der Waals surface area contributed by atoms with Gasteiger partial charge in [0.15, 0.2) is 11.5 Å². The number of hydrogen-bond acceptors (Lipinski definition) is 5. The molecule has 26 heavy (non-hydrogen) atoms. The van der Waals surface area contributed by atoms with Crippen LogP contribution < -0.4 is 9.47 Å². The third kappa shape index (κ3) is 4.19. The molecule has 140 valence electrons. The van der Waals surface area contributed by atoms with Crippen LogP contribution in [0, 0.1) is 0 Å². The van der Waals surface area contributed by atoms with E-state index in [4.69, 9.17) is 9.47 Å². The number of nitrogens with zero attached hydrogens (tertiary/aromatic N) is 2. The molecule has 1 aromatic heterocycles. The number of amides is 1. The molecule has 0 radical (unpaired) electrons. The summed E-state index contributed by atoms with van der Waals surface area (Å²) >= 11 is 1.71. The number of likely N-dealkylation sites (N-methyl/N-ethyl adjacent to an activating group) is 1. The summed E-state index contributed by atoms with van der Waals surface area (Å²) in [5.41, 5.74) is 1.14. The predicted octanol–water partition coefficient (Wildman–Crippen LogP) is 3.21. The van der Waals surface area contributed by atoms with Crippen molar-refractivity contribution in [3.05, 3.63) is 46.2 Å². The first-order chi connectivity index (χ1) is 12.6. The first kappa shape index (κ1) is 18.7. The molecule has 5 nitrogen and oxygen atoms in total. The topological polar surface area (TPSA) is 42.0 Å². The second-order valence-corrected chi connectivity index (χ2v) is 7.56. The molecule has 1 unspecified atom stereocenters. The van der Waals surface area contributed by atoms with Crippen molar-refractivity contribution in [3.63, 3.8) is 0 Å². The molecule has 2 aromatic rings. The minimum atomic E-state index is 0.161. The first-order valence-corrected chi connectivity index (χ1v) is 9.72. The van der Waals surface area contributed by atoms with Crippen molar-refractivity contribution in [1.82, 2.24) is 9.80 Å². The number of thiophene rings is 1. The van der Waals surface area contributed by atoms with E-state index < -0.39 is 0 Å². The summed E-state index contributed by atoms with van der Waals surface area (Å²) in [4.78, 5) is 18.2. The van der Waals surface area contributed by atoms with Gasteiger partial charge in [0.1, 0.15) is 0 Å². The maximum atomic E-state index is 12.7. The fourth-order valence-electron chi connectivity index (χ4n) is 3.36. The van der Waals surface area contributed by atoms with E-state index in [0.717, 1.165) is 36.6 Å². The Balaban J connectivity index is 1.68. The van der Waals surface area contributed by atoms with Gasteiger partial charge in [-0.05, 0) is 42.6 Å². The van der Waals surface area contributed by atoms with Crippen LogP contribution >= 0.6 is 11.3 Å². The summed E-state index contributed by atoms with van der Waals surface area (Å²) in [7, 11) is 5.39. The lowest BCUT2D eigenvalue weighted by atomic mass is 10.0. The standard InChI is InChI=1S/C20H26N2O3S/c1-21-10-11-22(20(23)9-7-16-5-4-12-26-16)14-17(21)15-6-8-18(24-2)19(13-15)25-3/h4-6,8,12-13,17H,7,9-11,14H2,1-3H3. The van der Waals surface area contributed by atoms with Crippen LogP contribution in [0.25, 0.3) is 0 Å². The quantitative estimate of drug-likeness (QED) is 0.779. The highest BCUT2D eigenvalue weighted by Crippen LogP contribution is 2.33. The van der Waals surface area contributed by atoms with Crippen molar-refractivity contribution in [1.29, 1.82) is 0 Å². The third-order valence-electron chi connectivity index (χ3n) is 4.96. The van der Waals surface area contributed by atoms with E-state index >= 15 is 0 Å². The van der Waals surface area contributed by atoms with Crippen molar-refractivity contribution < 1.29 is 14.3 Å². The Labute approximate surface area is 159 Å². The highest BCUT2D eigenvalue weighted by atomic mass is 32.1. The number of carbonyl (C=O) groups is 1. The number of benzene rings is 1. The molecule has 1 fully saturated rings. The third-order valence-corrected chi connectivity index (χ3v) is 5.89. The predicted molar refractivity (Wildman–Crippen MR) is 104 cm³/mol. The molecular weight excluding hydrogens is 348 g/mol. The first-order valence-electron chi connectivity index (χ1n) is 8.84. The van der Waals surface area contributed by atoms with E-state index in [1.807, 2.05) is 23.1 Å². The fraction of sp³-hybridized carbons (Fsp3) is 0.450. The maximum Gasteiger partial charge on any atom is 0.223 e. The molecule has 1 aliphatic heterocycles. The van der Waals surface area contributed by atoms with Crippen LogP contribution in [0.3, 0.4) is 0 Å². The van der Waals surface area contributed by atoms with Gasteiger partial charge in [-0.15, -0.1) is 11.3 Å². The largest absolute Gasteiger partial charge is 0.493 e. The molecule has 0 N–H and O–H groups in total. The van der Waals surface area contributed by atoms with Crippen LogP contribution in [0.4, 0.5) is 0 Å². The molecule has 3 rings (SSSR count). The van der Waals surface area contributed by atoms with Gasteiger partial charge in [0.25, 0.3) is 0 Å². The maximum absolute atomic E-state index is 12.7. The molecule has 1 saturated heterocycles. The van der Waals surface area contributed by atoms with Gasteiger partial charge >= 0.3 is 0 Å². The Bertz CT molecular complexity index is 733. The van der Waals surface area contributed by atoms with E-state index in [1.54, 1.807) is 25.6 Å². The summed E-state index contributed by atoms with van der Waals surface area (Å²) in [5.74, 6) is 1.68. The highest BCUT2D eigenvalue weighted by Gasteiger charge is 2.28. The number of methoxy groups -OCH3 is 2. The van der Waals surface area contributed by atoms with E-state index in [2.05, 4.69) is 29.5 Å². The average molecular weight is 375 g/mol. The van der Waals surface area contributed by atoms with Crippen molar-refractivity contribution >= 4 is 17.2 Å². The Hall–Kier alpha value is -2.05. The van der Waals surface area contributed by atoms with Crippen molar-refractivity contribution in [2.45, 2.75) is 18.9 Å². The van der Waals surface area contributed by atoms with E-state index in [1.165, 1.54) is 4.88 Å². The molecule has 2 heterocycles. The molecule has 0 aliphatic carbocycles. The molecule has 6 heteroatoms. The monoisotopic (exact) mass is 374 g/mol. The van der Waals surface area contributed by atoms with Crippen molar-refractivity contribution in [3.8, 4) is 11.5 Å². The summed E-state index contributed by atoms with van der Waals surface area (Å²) in [6.07, 6.45) is 1.40. The minimum Gasteiger partial charge on any atom is -0.493 e. The van der Waals surface area contributed by atoms with Crippen LogP contribution in [-0.2, 0) is 11.2 Å². The second kappa shape index (κ2) is 8.56. The molecule has 0 spiro atoms. The second-order valence-electron chi connectivity index (χ2n) is 6.53. The Morgan fingerprint density at radius 3 is 2.69 bits per heavy atom. The van der Waals surface area contributed by atoms with Gasteiger partial charge in [0.2, 0.25) is 5.91 Å². The number of piperazine rings is 1. The average Bonchev–Trinajstić information content (AvgIpc) is 3.19. The zero-order valence-electron chi connectivity index (χ0n) is 15.6. The van der Waals surface area contributed by atoms with Gasteiger partial charge in [-0.1, -0.05) is 12.1 Å². The van der Waals surface area contributed by atoms with Gasteiger partial charge < -0.3 is 14.4 Å². The van der Waals surface area contributed by atoms with E-state index in [0.29, 0.717) is 13.0 Å². The van der Waals surface area contributed by atoms with Crippen LogP contribution in [0.1, 0.15) is 22.9 Å². The van der Waals surface area contributed by atoms with Crippen molar-refractivity contribution in [2.75, 3.05) is 40.9 Å². The Morgan fingerprint density at radius 2 is 2.00 bits per heavy atom. The SMILES string of the molecule is COc1ccc(C2CN(C(=O)CCc3cccs3)CCN2C)cc1OC. The smallest absolute Gasteiger partial charge is 0.223 e. The highest BCUT2D eigenvalue weighted by molar-refractivity contribution is 7.09. The Morgan fingerprint density at radius 1 is 1.19 bits per heavy atom. The van der Waals surface area contributed by atoms with Gasteiger partial charge in [-0.25, -0.2) is 0 Å². The zero-order valence-corrected chi connectivity index (χ0v) is 16.4. The number of hydrogen-bond donors (Lipinski definition) is 0. The van der Waals surface area contributed by atoms with Crippen LogP contribution in [0.2, 0.25) is 0 Å². The van der Waals surface area contributed by atoms with Crippen LogP contribution in [-0.4, -0.2) is 56.6 Å². The molecule has 1 aromatic carbocycles. The summed E-state index contributed by atoms with van der Waals surface area (Å²) < 4.78 is 10.8.